The number of nitrogens with zero attached hydrogens (tertiary/aromatic N) is 2. The lowest BCUT2D eigenvalue weighted by Crippen LogP contribution is -2.10. The van der Waals surface area contributed by atoms with Crippen LogP contribution in [0.15, 0.2) is 36.5 Å². The smallest absolute Gasteiger partial charge is 0.141 e. The summed E-state index contributed by atoms with van der Waals surface area (Å²) in [6.07, 6.45) is 1.60. The largest absolute Gasteiger partial charge is 0.495 e. The summed E-state index contributed by atoms with van der Waals surface area (Å²) in [6.45, 7) is 6.61. The summed E-state index contributed by atoms with van der Waals surface area (Å²) in [5, 5.41) is 8.05. The molecular formula is C15H18N2O. The zero-order chi connectivity index (χ0) is 13.2. The van der Waals surface area contributed by atoms with Gasteiger partial charge in [0.1, 0.15) is 5.75 Å². The molecule has 0 aliphatic carbocycles. The lowest BCUT2D eigenvalue weighted by atomic mass is 9.86. The van der Waals surface area contributed by atoms with E-state index in [0.29, 0.717) is 0 Å². The lowest BCUT2D eigenvalue weighted by molar-refractivity contribution is 0.412. The summed E-state index contributed by atoms with van der Waals surface area (Å²) in [5.74, 6) is 0.722. The molecule has 0 spiro atoms. The highest BCUT2D eigenvalue weighted by molar-refractivity contribution is 5.60. The molecule has 0 radical (unpaired) electrons. The van der Waals surface area contributed by atoms with Gasteiger partial charge in [0.05, 0.1) is 19.0 Å². The summed E-state index contributed by atoms with van der Waals surface area (Å²) in [6, 6.07) is 10.3. The van der Waals surface area contributed by atoms with Crippen molar-refractivity contribution in [2.75, 3.05) is 7.11 Å². The van der Waals surface area contributed by atoms with Crippen molar-refractivity contribution in [3.63, 3.8) is 0 Å². The zero-order valence-electron chi connectivity index (χ0n) is 11.3. The van der Waals surface area contributed by atoms with Gasteiger partial charge < -0.3 is 4.74 Å². The molecule has 1 aromatic heterocycles. The first-order valence-corrected chi connectivity index (χ1v) is 5.98. The van der Waals surface area contributed by atoms with E-state index in [-0.39, 0.29) is 5.41 Å². The van der Waals surface area contributed by atoms with Crippen LogP contribution in [0.1, 0.15) is 26.3 Å². The number of hydrogen-bond acceptors (Lipinski definition) is 3. The number of ether oxygens (including phenoxy) is 1. The van der Waals surface area contributed by atoms with Crippen LogP contribution >= 0.6 is 0 Å². The molecule has 0 aliphatic heterocycles. The molecule has 0 bridgehead atoms. The van der Waals surface area contributed by atoms with Gasteiger partial charge in [0.15, 0.2) is 0 Å². The van der Waals surface area contributed by atoms with Crippen LogP contribution < -0.4 is 4.74 Å². The molecule has 1 heterocycles. The van der Waals surface area contributed by atoms with Gasteiger partial charge in [-0.05, 0) is 11.0 Å². The maximum atomic E-state index is 5.15. The number of methoxy groups -OCH3 is 1. The van der Waals surface area contributed by atoms with Crippen molar-refractivity contribution >= 4 is 0 Å². The molecule has 0 aliphatic rings. The Morgan fingerprint density at radius 3 is 2.28 bits per heavy atom. The van der Waals surface area contributed by atoms with Crippen molar-refractivity contribution in [2.24, 2.45) is 0 Å². The molecule has 3 heteroatoms. The highest BCUT2D eigenvalue weighted by Gasteiger charge is 2.13. The molecular weight excluding hydrogens is 224 g/mol. The van der Waals surface area contributed by atoms with Crippen LogP contribution in [0, 0.1) is 0 Å². The van der Waals surface area contributed by atoms with E-state index < -0.39 is 0 Å². The first-order chi connectivity index (χ1) is 8.50. The SMILES string of the molecule is COc1cnnc(-c2ccc(C(C)(C)C)cc2)c1. The van der Waals surface area contributed by atoms with Gasteiger partial charge in [-0.1, -0.05) is 45.0 Å². The van der Waals surface area contributed by atoms with Gasteiger partial charge in [0, 0.05) is 11.6 Å². The van der Waals surface area contributed by atoms with E-state index in [0.717, 1.165) is 17.0 Å². The van der Waals surface area contributed by atoms with Crippen molar-refractivity contribution in [2.45, 2.75) is 26.2 Å². The molecule has 1 aromatic carbocycles. The van der Waals surface area contributed by atoms with E-state index in [2.05, 4.69) is 55.2 Å². The fourth-order valence-corrected chi connectivity index (χ4v) is 1.74. The Hall–Kier alpha value is -1.90. The molecule has 94 valence electrons. The fraction of sp³-hybridized carbons (Fsp3) is 0.333. The van der Waals surface area contributed by atoms with Crippen molar-refractivity contribution in [1.82, 2.24) is 10.2 Å². The third-order valence-electron chi connectivity index (χ3n) is 2.91. The second-order valence-electron chi connectivity index (χ2n) is 5.31. The van der Waals surface area contributed by atoms with Crippen molar-refractivity contribution in [3.05, 3.63) is 42.1 Å². The standard InChI is InChI=1S/C15H18N2O/c1-15(2,3)12-7-5-11(6-8-12)14-9-13(18-4)10-16-17-14/h5-10H,1-4H3. The van der Waals surface area contributed by atoms with Crippen LogP contribution in [-0.4, -0.2) is 17.3 Å². The summed E-state index contributed by atoms with van der Waals surface area (Å²) < 4.78 is 5.15. The number of rotatable bonds is 2. The molecule has 3 nitrogen and oxygen atoms in total. The van der Waals surface area contributed by atoms with Crippen molar-refractivity contribution < 1.29 is 4.74 Å². The predicted octanol–water partition coefficient (Wildman–Crippen LogP) is 3.45. The van der Waals surface area contributed by atoms with Gasteiger partial charge in [0.25, 0.3) is 0 Å². The molecule has 0 saturated carbocycles. The molecule has 0 atom stereocenters. The van der Waals surface area contributed by atoms with Gasteiger partial charge in [-0.3, -0.25) is 0 Å². The second kappa shape index (κ2) is 4.77. The maximum Gasteiger partial charge on any atom is 0.141 e. The fourth-order valence-electron chi connectivity index (χ4n) is 1.74. The minimum Gasteiger partial charge on any atom is -0.495 e. The zero-order valence-corrected chi connectivity index (χ0v) is 11.3. The predicted molar refractivity (Wildman–Crippen MR) is 72.7 cm³/mol. The summed E-state index contributed by atoms with van der Waals surface area (Å²) >= 11 is 0. The minimum absolute atomic E-state index is 0.165. The molecule has 2 rings (SSSR count). The quantitative estimate of drug-likeness (QED) is 0.809. The first kappa shape index (κ1) is 12.6. The van der Waals surface area contributed by atoms with E-state index in [1.54, 1.807) is 13.3 Å². The van der Waals surface area contributed by atoms with Crippen molar-refractivity contribution in [1.29, 1.82) is 0 Å². The van der Waals surface area contributed by atoms with E-state index in [4.69, 9.17) is 4.74 Å². The summed E-state index contributed by atoms with van der Waals surface area (Å²) in [7, 11) is 1.63. The Morgan fingerprint density at radius 1 is 1.06 bits per heavy atom. The normalized spacial score (nSPS) is 11.3. The molecule has 18 heavy (non-hydrogen) atoms. The average molecular weight is 242 g/mol. The minimum atomic E-state index is 0.165. The Kier molecular flexibility index (Phi) is 3.32. The number of benzene rings is 1. The van der Waals surface area contributed by atoms with Gasteiger partial charge >= 0.3 is 0 Å². The van der Waals surface area contributed by atoms with E-state index in [1.807, 2.05) is 6.07 Å². The molecule has 0 fully saturated rings. The average Bonchev–Trinajstić information content (AvgIpc) is 2.38. The van der Waals surface area contributed by atoms with Gasteiger partial charge in [-0.15, -0.1) is 0 Å². The molecule has 2 aromatic rings. The van der Waals surface area contributed by atoms with Gasteiger partial charge in [0.2, 0.25) is 0 Å². The van der Waals surface area contributed by atoms with Crippen LogP contribution in [0.3, 0.4) is 0 Å². The monoisotopic (exact) mass is 242 g/mol. The number of hydrogen-bond donors (Lipinski definition) is 0. The molecule has 0 unspecified atom stereocenters. The maximum absolute atomic E-state index is 5.15. The van der Waals surface area contributed by atoms with Gasteiger partial charge in [-0.2, -0.15) is 10.2 Å². The Balaban J connectivity index is 2.34. The van der Waals surface area contributed by atoms with E-state index in [1.165, 1.54) is 5.56 Å². The molecule has 0 N–H and O–H groups in total. The Bertz CT molecular complexity index is 527. The Labute approximate surface area is 108 Å². The van der Waals surface area contributed by atoms with Crippen LogP contribution in [-0.2, 0) is 5.41 Å². The lowest BCUT2D eigenvalue weighted by Gasteiger charge is -2.19. The van der Waals surface area contributed by atoms with Crippen LogP contribution in [0.5, 0.6) is 5.75 Å². The highest BCUT2D eigenvalue weighted by atomic mass is 16.5. The highest BCUT2D eigenvalue weighted by Crippen LogP contribution is 2.26. The third kappa shape index (κ3) is 2.67. The van der Waals surface area contributed by atoms with E-state index in [9.17, 15) is 0 Å². The van der Waals surface area contributed by atoms with Crippen LogP contribution in [0.2, 0.25) is 0 Å². The summed E-state index contributed by atoms with van der Waals surface area (Å²) in [4.78, 5) is 0. The third-order valence-corrected chi connectivity index (χ3v) is 2.91. The first-order valence-electron chi connectivity index (χ1n) is 5.98. The van der Waals surface area contributed by atoms with Crippen molar-refractivity contribution in [3.8, 4) is 17.0 Å². The Morgan fingerprint density at radius 2 is 1.72 bits per heavy atom. The number of aromatic nitrogens is 2. The topological polar surface area (TPSA) is 35.0 Å². The molecule has 0 amide bonds. The summed E-state index contributed by atoms with van der Waals surface area (Å²) in [5.41, 5.74) is 3.35. The molecule has 0 saturated heterocycles. The van der Waals surface area contributed by atoms with E-state index >= 15 is 0 Å². The van der Waals surface area contributed by atoms with Crippen LogP contribution in [0.25, 0.3) is 11.3 Å². The second-order valence-corrected chi connectivity index (χ2v) is 5.31. The van der Waals surface area contributed by atoms with Gasteiger partial charge in [-0.25, -0.2) is 0 Å². The van der Waals surface area contributed by atoms with Crippen LogP contribution in [0.4, 0.5) is 0 Å².